The molecule has 0 radical (unpaired) electrons. The molecule has 0 saturated carbocycles. The number of carbonyl (C=O) groups excluding carboxylic acids is 3. The number of carbonyl (C=O) groups is 3. The molecule has 0 heterocycles. The molecule has 0 fully saturated rings. The van der Waals surface area contributed by atoms with E-state index in [-0.39, 0.29) is 48.6 Å². The number of methoxy groups -OCH3 is 2. The average Bonchev–Trinajstić information content (AvgIpc) is 2.95. The molecule has 0 aliphatic rings. The van der Waals surface area contributed by atoms with Gasteiger partial charge in [-0.1, -0.05) is 71.4 Å². The van der Waals surface area contributed by atoms with Crippen molar-refractivity contribution in [2.24, 2.45) is 17.8 Å². The lowest BCUT2D eigenvalue weighted by molar-refractivity contribution is -0.147. The standard InChI is InChI=1S/C32H55N3O6/c1-11-22(5)30(34(8)28(37)18-21(3)4)27(40-9)19-29(38)35(12-2)24(7)31(41-10)23(6)32(39)33-20-26(36)25-16-14-13-15-17-25/h13-17,21-24,26-27,30-31,36H,11-12,18-20H2,1-10H3,(H,33,39). The molecule has 9 heteroatoms. The number of hydrogen-bond acceptors (Lipinski definition) is 6. The first-order valence-electron chi connectivity index (χ1n) is 15.0. The van der Waals surface area contributed by atoms with Crippen molar-refractivity contribution in [1.29, 1.82) is 0 Å². The Hall–Kier alpha value is -2.49. The third-order valence-corrected chi connectivity index (χ3v) is 8.17. The highest BCUT2D eigenvalue weighted by Crippen LogP contribution is 2.25. The number of ether oxygens (including phenoxy) is 2. The van der Waals surface area contributed by atoms with E-state index in [9.17, 15) is 19.5 Å². The molecule has 0 aliphatic carbocycles. The number of aliphatic hydroxyl groups is 1. The van der Waals surface area contributed by atoms with E-state index in [0.717, 1.165) is 12.0 Å². The fraction of sp³-hybridized carbons (Fsp3) is 0.719. The van der Waals surface area contributed by atoms with E-state index < -0.39 is 30.3 Å². The van der Waals surface area contributed by atoms with Crippen LogP contribution in [0.3, 0.4) is 0 Å². The number of amides is 3. The van der Waals surface area contributed by atoms with Crippen LogP contribution in [0.5, 0.6) is 0 Å². The molecule has 0 saturated heterocycles. The van der Waals surface area contributed by atoms with E-state index in [1.807, 2.05) is 58.0 Å². The van der Waals surface area contributed by atoms with Crippen molar-refractivity contribution < 1.29 is 29.0 Å². The number of aliphatic hydroxyl groups excluding tert-OH is 1. The van der Waals surface area contributed by atoms with Crippen LogP contribution in [0.15, 0.2) is 30.3 Å². The van der Waals surface area contributed by atoms with Crippen LogP contribution in [-0.2, 0) is 23.9 Å². The van der Waals surface area contributed by atoms with Crippen LogP contribution >= 0.6 is 0 Å². The topological polar surface area (TPSA) is 108 Å². The van der Waals surface area contributed by atoms with Gasteiger partial charge < -0.3 is 29.7 Å². The predicted octanol–water partition coefficient (Wildman–Crippen LogP) is 4.05. The van der Waals surface area contributed by atoms with Gasteiger partial charge in [0.1, 0.15) is 0 Å². The van der Waals surface area contributed by atoms with Crippen molar-refractivity contribution in [3.05, 3.63) is 35.9 Å². The summed E-state index contributed by atoms with van der Waals surface area (Å²) in [5.41, 5.74) is 0.722. The maximum Gasteiger partial charge on any atom is 0.225 e. The molecule has 0 aromatic heterocycles. The molecule has 1 aromatic rings. The van der Waals surface area contributed by atoms with E-state index in [4.69, 9.17) is 9.47 Å². The van der Waals surface area contributed by atoms with Gasteiger partial charge in [0.05, 0.1) is 42.7 Å². The molecule has 7 unspecified atom stereocenters. The van der Waals surface area contributed by atoms with Crippen LogP contribution < -0.4 is 5.32 Å². The van der Waals surface area contributed by atoms with Crippen LogP contribution in [0, 0.1) is 17.8 Å². The van der Waals surface area contributed by atoms with Crippen LogP contribution in [0.1, 0.15) is 79.4 Å². The summed E-state index contributed by atoms with van der Waals surface area (Å²) in [7, 11) is 4.92. The van der Waals surface area contributed by atoms with Gasteiger partial charge in [-0.05, 0) is 31.2 Å². The lowest BCUT2D eigenvalue weighted by atomic mass is 9.90. The van der Waals surface area contributed by atoms with E-state index >= 15 is 0 Å². The van der Waals surface area contributed by atoms with E-state index in [1.165, 1.54) is 7.11 Å². The number of benzene rings is 1. The number of nitrogens with one attached hydrogen (secondary N) is 1. The first kappa shape index (κ1) is 36.5. The second kappa shape index (κ2) is 18.1. The molecule has 1 rings (SSSR count). The third kappa shape index (κ3) is 10.7. The number of rotatable bonds is 18. The highest BCUT2D eigenvalue weighted by atomic mass is 16.5. The SMILES string of the molecule is CCC(C)C(C(CC(=O)N(CC)C(C)C(OC)C(C)C(=O)NCC(O)c1ccccc1)OC)N(C)C(=O)CC(C)C. The number of hydrogen-bond donors (Lipinski definition) is 2. The molecule has 3 amide bonds. The summed E-state index contributed by atoms with van der Waals surface area (Å²) < 4.78 is 11.6. The van der Waals surface area contributed by atoms with Gasteiger partial charge in [-0.2, -0.15) is 0 Å². The van der Waals surface area contributed by atoms with Gasteiger partial charge in [-0.15, -0.1) is 0 Å². The lowest BCUT2D eigenvalue weighted by Gasteiger charge is -2.40. The summed E-state index contributed by atoms with van der Waals surface area (Å²) in [4.78, 5) is 43.2. The molecule has 0 aliphatic heterocycles. The summed E-state index contributed by atoms with van der Waals surface area (Å²) in [6.45, 7) is 14.2. The van der Waals surface area contributed by atoms with Crippen LogP contribution in [0.25, 0.3) is 0 Å². The number of likely N-dealkylation sites (N-methyl/N-ethyl adjacent to an activating group) is 2. The van der Waals surface area contributed by atoms with E-state index in [0.29, 0.717) is 13.0 Å². The average molecular weight is 578 g/mol. The summed E-state index contributed by atoms with van der Waals surface area (Å²) in [5.74, 6) is -0.572. The van der Waals surface area contributed by atoms with Crippen LogP contribution in [-0.4, -0.2) is 91.3 Å². The normalized spacial score (nSPS) is 16.7. The van der Waals surface area contributed by atoms with Crippen molar-refractivity contribution in [1.82, 2.24) is 15.1 Å². The van der Waals surface area contributed by atoms with Gasteiger partial charge in [0.25, 0.3) is 0 Å². The third-order valence-electron chi connectivity index (χ3n) is 8.17. The maximum atomic E-state index is 13.7. The fourth-order valence-corrected chi connectivity index (χ4v) is 5.52. The summed E-state index contributed by atoms with van der Waals surface area (Å²) in [6.07, 6.45) is -0.513. The highest BCUT2D eigenvalue weighted by Gasteiger charge is 2.38. The molecular formula is C32H55N3O6. The molecule has 0 bridgehead atoms. The maximum absolute atomic E-state index is 13.7. The van der Waals surface area contributed by atoms with Crippen molar-refractivity contribution in [3.63, 3.8) is 0 Å². The van der Waals surface area contributed by atoms with E-state index in [1.54, 1.807) is 30.9 Å². The minimum atomic E-state index is -0.825. The summed E-state index contributed by atoms with van der Waals surface area (Å²) in [5, 5.41) is 13.3. The summed E-state index contributed by atoms with van der Waals surface area (Å²) in [6, 6.07) is 8.49. The molecule has 1 aromatic carbocycles. The van der Waals surface area contributed by atoms with Crippen molar-refractivity contribution in [2.75, 3.05) is 34.4 Å². The second-order valence-corrected chi connectivity index (χ2v) is 11.5. The summed E-state index contributed by atoms with van der Waals surface area (Å²) >= 11 is 0. The van der Waals surface area contributed by atoms with Gasteiger partial charge in [0.15, 0.2) is 0 Å². The Labute approximate surface area is 247 Å². The Bertz CT molecular complexity index is 927. The molecule has 2 N–H and O–H groups in total. The Morgan fingerprint density at radius 3 is 2.02 bits per heavy atom. The van der Waals surface area contributed by atoms with Crippen LogP contribution in [0.4, 0.5) is 0 Å². The zero-order valence-corrected chi connectivity index (χ0v) is 26.9. The van der Waals surface area contributed by atoms with Crippen molar-refractivity contribution in [3.8, 4) is 0 Å². The molecule has 9 nitrogen and oxygen atoms in total. The highest BCUT2D eigenvalue weighted by molar-refractivity contribution is 5.80. The second-order valence-electron chi connectivity index (χ2n) is 11.5. The van der Waals surface area contributed by atoms with Gasteiger partial charge in [-0.25, -0.2) is 0 Å². The first-order valence-corrected chi connectivity index (χ1v) is 15.0. The smallest absolute Gasteiger partial charge is 0.225 e. The quantitative estimate of drug-likeness (QED) is 0.273. The molecular weight excluding hydrogens is 522 g/mol. The van der Waals surface area contributed by atoms with Crippen LogP contribution in [0.2, 0.25) is 0 Å². The molecule has 234 valence electrons. The minimum absolute atomic E-state index is 0.0391. The fourth-order valence-electron chi connectivity index (χ4n) is 5.52. The Kier molecular flexibility index (Phi) is 16.2. The zero-order valence-electron chi connectivity index (χ0n) is 26.9. The van der Waals surface area contributed by atoms with Gasteiger partial charge in [0.2, 0.25) is 17.7 Å². The molecule has 0 spiro atoms. The Morgan fingerprint density at radius 2 is 1.54 bits per heavy atom. The number of nitrogens with zero attached hydrogens (tertiary/aromatic N) is 2. The minimum Gasteiger partial charge on any atom is -0.387 e. The first-order chi connectivity index (χ1) is 19.3. The molecule has 41 heavy (non-hydrogen) atoms. The Morgan fingerprint density at radius 1 is 0.927 bits per heavy atom. The largest absolute Gasteiger partial charge is 0.387 e. The zero-order chi connectivity index (χ0) is 31.3. The van der Waals surface area contributed by atoms with Crippen molar-refractivity contribution >= 4 is 17.7 Å². The Balaban J connectivity index is 3.01. The molecule has 7 atom stereocenters. The van der Waals surface area contributed by atoms with Gasteiger partial charge in [-0.3, -0.25) is 14.4 Å². The predicted molar refractivity (Wildman–Crippen MR) is 162 cm³/mol. The van der Waals surface area contributed by atoms with E-state index in [2.05, 4.69) is 19.2 Å². The van der Waals surface area contributed by atoms with Crippen molar-refractivity contribution in [2.45, 2.75) is 98.1 Å². The van der Waals surface area contributed by atoms with Gasteiger partial charge >= 0.3 is 0 Å². The monoisotopic (exact) mass is 577 g/mol. The lowest BCUT2D eigenvalue weighted by Crippen LogP contribution is -2.54. The van der Waals surface area contributed by atoms with Gasteiger partial charge in [0, 0.05) is 40.8 Å².